The van der Waals surface area contributed by atoms with Crippen LogP contribution < -0.4 is 29.0 Å². The van der Waals surface area contributed by atoms with Crippen LogP contribution >= 0.6 is 11.3 Å². The lowest BCUT2D eigenvalue weighted by molar-refractivity contribution is 0.324. The molecular weight excluding hydrogens is 406 g/mol. The second-order valence-corrected chi connectivity index (χ2v) is 7.25. The summed E-state index contributed by atoms with van der Waals surface area (Å²) in [5.74, 6) is 2.56. The average Bonchev–Trinajstić information content (AvgIpc) is 3.33. The summed E-state index contributed by atoms with van der Waals surface area (Å²) >= 11 is 1.27. The number of nitrogens with zero attached hydrogens (tertiary/aromatic N) is 3. The van der Waals surface area contributed by atoms with E-state index in [-0.39, 0.29) is 5.56 Å². The van der Waals surface area contributed by atoms with Gasteiger partial charge in [-0.15, -0.1) is 10.2 Å². The topological polar surface area (TPSA) is 84.2 Å². The van der Waals surface area contributed by atoms with Crippen LogP contribution in [0.5, 0.6) is 23.0 Å². The monoisotopic (exact) mass is 425 g/mol. The third-order valence-corrected chi connectivity index (χ3v) is 5.54. The lowest BCUT2D eigenvalue weighted by atomic mass is 10.1. The molecule has 0 saturated carbocycles. The molecule has 0 N–H and O–H groups in total. The van der Waals surface area contributed by atoms with Crippen molar-refractivity contribution in [1.82, 2.24) is 14.6 Å². The summed E-state index contributed by atoms with van der Waals surface area (Å²) in [5, 5.41) is 8.38. The van der Waals surface area contributed by atoms with Crippen molar-refractivity contribution in [3.05, 3.63) is 56.8 Å². The number of rotatable bonds is 6. The van der Waals surface area contributed by atoms with Crippen molar-refractivity contribution < 1.29 is 18.9 Å². The standard InChI is InChI=1S/C21H19N3O5S/c1-26-14-7-5-12(6-8-14)9-17-20(25)24-19(22-23-21(24)30-17)13-10-15(27-2)18(29-4)16(11-13)28-3/h5-11H,1-4H3. The first-order chi connectivity index (χ1) is 14.6. The van der Waals surface area contributed by atoms with E-state index in [9.17, 15) is 4.79 Å². The smallest absolute Gasteiger partial charge is 0.276 e. The SMILES string of the molecule is COc1ccc(C=c2sc3nnc(-c4cc(OC)c(OC)c(OC)c4)n3c2=O)cc1. The first-order valence-electron chi connectivity index (χ1n) is 8.93. The Hall–Kier alpha value is -3.59. The summed E-state index contributed by atoms with van der Waals surface area (Å²) in [4.78, 5) is 13.6. The number of thiazole rings is 1. The third-order valence-electron chi connectivity index (χ3n) is 4.58. The van der Waals surface area contributed by atoms with E-state index in [2.05, 4.69) is 10.2 Å². The number of fused-ring (bicyclic) bond motifs is 1. The molecular formula is C21H19N3O5S. The third kappa shape index (κ3) is 3.33. The highest BCUT2D eigenvalue weighted by atomic mass is 32.1. The lowest BCUT2D eigenvalue weighted by Gasteiger charge is -2.13. The summed E-state index contributed by atoms with van der Waals surface area (Å²) in [6.45, 7) is 0. The number of hydrogen-bond donors (Lipinski definition) is 0. The van der Waals surface area contributed by atoms with Crippen molar-refractivity contribution in [2.75, 3.05) is 28.4 Å². The predicted molar refractivity (Wildman–Crippen MR) is 114 cm³/mol. The molecule has 8 nitrogen and oxygen atoms in total. The molecule has 0 aliphatic carbocycles. The van der Waals surface area contributed by atoms with Crippen LogP contribution in [0, 0.1) is 0 Å². The van der Waals surface area contributed by atoms with E-state index in [4.69, 9.17) is 18.9 Å². The minimum absolute atomic E-state index is 0.195. The zero-order valence-electron chi connectivity index (χ0n) is 16.8. The molecule has 2 aromatic heterocycles. The van der Waals surface area contributed by atoms with Crippen molar-refractivity contribution in [3.63, 3.8) is 0 Å². The molecule has 154 valence electrons. The highest BCUT2D eigenvalue weighted by Gasteiger charge is 2.19. The van der Waals surface area contributed by atoms with Crippen molar-refractivity contribution in [2.45, 2.75) is 0 Å². The van der Waals surface area contributed by atoms with E-state index in [1.807, 2.05) is 30.3 Å². The number of benzene rings is 2. The molecule has 2 heterocycles. The van der Waals surface area contributed by atoms with Gasteiger partial charge in [-0.2, -0.15) is 0 Å². The molecule has 30 heavy (non-hydrogen) atoms. The largest absolute Gasteiger partial charge is 0.497 e. The fourth-order valence-corrected chi connectivity index (χ4v) is 4.02. The summed E-state index contributed by atoms with van der Waals surface area (Å²) in [6, 6.07) is 10.9. The fraction of sp³-hybridized carbons (Fsp3) is 0.190. The Morgan fingerprint density at radius 1 is 0.900 bits per heavy atom. The Bertz CT molecular complexity index is 1290. The molecule has 2 aromatic carbocycles. The van der Waals surface area contributed by atoms with E-state index in [1.54, 1.807) is 19.2 Å². The number of hydrogen-bond acceptors (Lipinski definition) is 8. The van der Waals surface area contributed by atoms with E-state index >= 15 is 0 Å². The maximum absolute atomic E-state index is 13.1. The molecule has 0 radical (unpaired) electrons. The van der Waals surface area contributed by atoms with Gasteiger partial charge in [0.15, 0.2) is 17.3 Å². The molecule has 0 unspecified atom stereocenters. The fourth-order valence-electron chi connectivity index (χ4n) is 3.11. The molecule has 0 atom stereocenters. The van der Waals surface area contributed by atoms with Crippen LogP contribution in [0.25, 0.3) is 22.4 Å². The predicted octanol–water partition coefficient (Wildman–Crippen LogP) is 2.40. The van der Waals surface area contributed by atoms with Gasteiger partial charge in [-0.1, -0.05) is 23.5 Å². The minimum atomic E-state index is -0.195. The second kappa shape index (κ2) is 8.03. The maximum Gasteiger partial charge on any atom is 0.276 e. The molecule has 9 heteroatoms. The van der Waals surface area contributed by atoms with Crippen molar-refractivity contribution >= 4 is 22.4 Å². The average molecular weight is 425 g/mol. The van der Waals surface area contributed by atoms with E-state index in [1.165, 1.54) is 37.1 Å². The Morgan fingerprint density at radius 3 is 2.13 bits per heavy atom. The molecule has 0 bridgehead atoms. The Morgan fingerprint density at radius 2 is 1.57 bits per heavy atom. The maximum atomic E-state index is 13.1. The van der Waals surface area contributed by atoms with Gasteiger partial charge in [0.2, 0.25) is 10.7 Å². The molecule has 0 amide bonds. The van der Waals surface area contributed by atoms with Gasteiger partial charge < -0.3 is 18.9 Å². The molecule has 0 spiro atoms. The van der Waals surface area contributed by atoms with Gasteiger partial charge >= 0.3 is 0 Å². The second-order valence-electron chi connectivity index (χ2n) is 6.24. The number of ether oxygens (including phenoxy) is 4. The van der Waals surface area contributed by atoms with Crippen LogP contribution in [0.1, 0.15) is 5.56 Å². The van der Waals surface area contributed by atoms with Gasteiger partial charge in [0.25, 0.3) is 5.56 Å². The summed E-state index contributed by atoms with van der Waals surface area (Å²) in [6.07, 6.45) is 1.82. The Kier molecular flexibility index (Phi) is 5.28. The quantitative estimate of drug-likeness (QED) is 0.469. The van der Waals surface area contributed by atoms with Crippen LogP contribution in [0.15, 0.2) is 41.2 Å². The van der Waals surface area contributed by atoms with Crippen molar-refractivity contribution in [2.24, 2.45) is 0 Å². The zero-order chi connectivity index (χ0) is 21.3. The normalized spacial score (nSPS) is 11.7. The highest BCUT2D eigenvalue weighted by Crippen LogP contribution is 2.40. The van der Waals surface area contributed by atoms with Gasteiger partial charge in [-0.25, -0.2) is 4.40 Å². The Balaban J connectivity index is 1.86. The van der Waals surface area contributed by atoms with Crippen LogP contribution in [0.4, 0.5) is 0 Å². The van der Waals surface area contributed by atoms with E-state index in [0.29, 0.717) is 38.1 Å². The highest BCUT2D eigenvalue weighted by molar-refractivity contribution is 7.15. The van der Waals surface area contributed by atoms with Crippen LogP contribution in [0.2, 0.25) is 0 Å². The minimum Gasteiger partial charge on any atom is -0.497 e. The van der Waals surface area contributed by atoms with Crippen LogP contribution in [-0.2, 0) is 0 Å². The molecule has 4 rings (SSSR count). The summed E-state index contributed by atoms with van der Waals surface area (Å²) in [7, 11) is 6.21. The Labute approximate surface area is 175 Å². The van der Waals surface area contributed by atoms with Crippen LogP contribution in [0.3, 0.4) is 0 Å². The number of methoxy groups -OCH3 is 4. The first-order valence-corrected chi connectivity index (χ1v) is 9.75. The van der Waals surface area contributed by atoms with Crippen molar-refractivity contribution in [1.29, 1.82) is 0 Å². The van der Waals surface area contributed by atoms with Gasteiger partial charge in [0.05, 0.1) is 33.0 Å². The lowest BCUT2D eigenvalue weighted by Crippen LogP contribution is -2.23. The van der Waals surface area contributed by atoms with Gasteiger partial charge in [0, 0.05) is 5.56 Å². The first kappa shape index (κ1) is 19.7. The van der Waals surface area contributed by atoms with Gasteiger partial charge in [-0.3, -0.25) is 4.79 Å². The van der Waals surface area contributed by atoms with E-state index < -0.39 is 0 Å². The molecule has 0 aliphatic rings. The molecule has 0 aliphatic heterocycles. The van der Waals surface area contributed by atoms with Crippen molar-refractivity contribution in [3.8, 4) is 34.4 Å². The van der Waals surface area contributed by atoms with Crippen LogP contribution in [-0.4, -0.2) is 43.0 Å². The molecule has 4 aromatic rings. The molecule has 0 fully saturated rings. The molecule has 0 saturated heterocycles. The van der Waals surface area contributed by atoms with Gasteiger partial charge in [-0.05, 0) is 35.9 Å². The van der Waals surface area contributed by atoms with Gasteiger partial charge in [0.1, 0.15) is 5.75 Å². The summed E-state index contributed by atoms with van der Waals surface area (Å²) < 4.78 is 23.4. The summed E-state index contributed by atoms with van der Waals surface area (Å²) in [5.41, 5.74) is 1.32. The number of aromatic nitrogens is 3. The van der Waals surface area contributed by atoms with E-state index in [0.717, 1.165) is 11.3 Å². The zero-order valence-corrected chi connectivity index (χ0v) is 17.6.